The van der Waals surface area contributed by atoms with Gasteiger partial charge in [0.25, 0.3) is 0 Å². The van der Waals surface area contributed by atoms with Gasteiger partial charge in [0.15, 0.2) is 12.2 Å². The van der Waals surface area contributed by atoms with Crippen molar-refractivity contribution in [1.82, 2.24) is 0 Å². The van der Waals surface area contributed by atoms with Gasteiger partial charge >= 0.3 is 5.97 Å². The standard InChI is InChI=1S/C21H25NO4/c1-4-13-10-11-16-15(12-13)17(22)19(21(2,3)26-16)25-20(24)18(23)14-8-6-5-7-9-14/h5-12,17-19,23H,4,22H2,1-3H3/t17-,18?,19+/m0/s1. The fraction of sp³-hybridized carbons (Fsp3) is 0.381. The summed E-state index contributed by atoms with van der Waals surface area (Å²) in [6, 6.07) is 14.1. The minimum absolute atomic E-state index is 0.481. The van der Waals surface area contributed by atoms with Crippen molar-refractivity contribution < 1.29 is 19.4 Å². The average molecular weight is 355 g/mol. The predicted octanol–water partition coefficient (Wildman–Crippen LogP) is 3.07. The van der Waals surface area contributed by atoms with Gasteiger partial charge in [-0.1, -0.05) is 49.4 Å². The summed E-state index contributed by atoms with van der Waals surface area (Å²) in [5.74, 6) is -0.0287. The Kier molecular flexibility index (Phi) is 5.03. The molecule has 5 heteroatoms. The number of benzene rings is 2. The molecule has 2 aromatic carbocycles. The highest BCUT2D eigenvalue weighted by Gasteiger charge is 2.45. The fourth-order valence-corrected chi connectivity index (χ4v) is 3.28. The maximum Gasteiger partial charge on any atom is 0.340 e. The molecule has 3 atom stereocenters. The van der Waals surface area contributed by atoms with E-state index in [1.165, 1.54) is 0 Å². The van der Waals surface area contributed by atoms with Crippen LogP contribution in [0.15, 0.2) is 48.5 Å². The third-order valence-electron chi connectivity index (χ3n) is 4.81. The fourth-order valence-electron chi connectivity index (χ4n) is 3.28. The molecule has 0 aliphatic carbocycles. The SMILES string of the molecule is CCc1ccc2c(c1)[C@H](N)[C@@H](OC(=O)C(O)c1ccccc1)C(C)(C)O2. The Bertz CT molecular complexity index is 788. The number of esters is 1. The van der Waals surface area contributed by atoms with E-state index in [1.807, 2.05) is 38.1 Å². The topological polar surface area (TPSA) is 81.8 Å². The van der Waals surface area contributed by atoms with Crippen LogP contribution in [0.3, 0.4) is 0 Å². The van der Waals surface area contributed by atoms with Crippen molar-refractivity contribution in [2.75, 3.05) is 0 Å². The largest absolute Gasteiger partial charge is 0.484 e. The quantitative estimate of drug-likeness (QED) is 0.824. The first-order valence-electron chi connectivity index (χ1n) is 8.84. The van der Waals surface area contributed by atoms with Gasteiger partial charge in [0.05, 0.1) is 6.04 Å². The molecule has 0 aromatic heterocycles. The normalized spacial score (nSPS) is 22.0. The van der Waals surface area contributed by atoms with E-state index in [-0.39, 0.29) is 0 Å². The van der Waals surface area contributed by atoms with Gasteiger partial charge < -0.3 is 20.3 Å². The van der Waals surface area contributed by atoms with E-state index >= 15 is 0 Å². The van der Waals surface area contributed by atoms with Crippen LogP contribution in [0.5, 0.6) is 5.75 Å². The number of hydrogen-bond acceptors (Lipinski definition) is 5. The molecular weight excluding hydrogens is 330 g/mol. The minimum Gasteiger partial charge on any atom is -0.484 e. The van der Waals surface area contributed by atoms with Gasteiger partial charge in [0.2, 0.25) is 0 Å². The number of aliphatic hydroxyl groups excluding tert-OH is 1. The highest BCUT2D eigenvalue weighted by molar-refractivity contribution is 5.76. The zero-order valence-electron chi connectivity index (χ0n) is 15.3. The Labute approximate surface area is 153 Å². The van der Waals surface area contributed by atoms with Gasteiger partial charge in [-0.2, -0.15) is 0 Å². The van der Waals surface area contributed by atoms with Gasteiger partial charge in [0.1, 0.15) is 11.4 Å². The predicted molar refractivity (Wildman–Crippen MR) is 98.7 cm³/mol. The van der Waals surface area contributed by atoms with Crippen LogP contribution in [0, 0.1) is 0 Å². The molecule has 1 unspecified atom stereocenters. The average Bonchev–Trinajstić information content (AvgIpc) is 2.64. The van der Waals surface area contributed by atoms with Crippen LogP contribution in [0.2, 0.25) is 0 Å². The van der Waals surface area contributed by atoms with E-state index in [4.69, 9.17) is 15.2 Å². The number of hydrogen-bond donors (Lipinski definition) is 2. The zero-order chi connectivity index (χ0) is 18.9. The number of aliphatic hydroxyl groups is 1. The van der Waals surface area contributed by atoms with Crippen molar-refractivity contribution in [3.05, 3.63) is 65.2 Å². The van der Waals surface area contributed by atoms with Crippen molar-refractivity contribution in [3.8, 4) is 5.75 Å². The Morgan fingerprint density at radius 2 is 1.96 bits per heavy atom. The molecule has 3 rings (SSSR count). The zero-order valence-corrected chi connectivity index (χ0v) is 15.3. The third kappa shape index (κ3) is 3.45. The molecule has 0 bridgehead atoms. The van der Waals surface area contributed by atoms with Crippen molar-refractivity contribution in [2.45, 2.75) is 51.0 Å². The van der Waals surface area contributed by atoms with Crippen LogP contribution >= 0.6 is 0 Å². The molecule has 2 aromatic rings. The maximum absolute atomic E-state index is 12.5. The molecule has 5 nitrogen and oxygen atoms in total. The Morgan fingerprint density at radius 3 is 2.62 bits per heavy atom. The lowest BCUT2D eigenvalue weighted by Crippen LogP contribution is -2.53. The van der Waals surface area contributed by atoms with E-state index < -0.39 is 29.8 Å². The van der Waals surface area contributed by atoms with Crippen LogP contribution in [-0.2, 0) is 16.0 Å². The monoisotopic (exact) mass is 355 g/mol. The molecule has 0 saturated carbocycles. The highest BCUT2D eigenvalue weighted by atomic mass is 16.6. The summed E-state index contributed by atoms with van der Waals surface area (Å²) in [7, 11) is 0. The smallest absolute Gasteiger partial charge is 0.340 e. The first-order chi connectivity index (χ1) is 12.3. The molecule has 26 heavy (non-hydrogen) atoms. The second-order valence-corrected chi connectivity index (χ2v) is 7.13. The Morgan fingerprint density at radius 1 is 1.27 bits per heavy atom. The lowest BCUT2D eigenvalue weighted by atomic mass is 9.86. The molecular formula is C21H25NO4. The van der Waals surface area contributed by atoms with Crippen molar-refractivity contribution >= 4 is 5.97 Å². The van der Waals surface area contributed by atoms with E-state index in [0.717, 1.165) is 17.5 Å². The summed E-state index contributed by atoms with van der Waals surface area (Å²) in [5, 5.41) is 10.3. The van der Waals surface area contributed by atoms with Crippen LogP contribution in [0.25, 0.3) is 0 Å². The molecule has 0 amide bonds. The number of ether oxygens (including phenoxy) is 2. The molecule has 1 aliphatic heterocycles. The molecule has 138 valence electrons. The van der Waals surface area contributed by atoms with Crippen LogP contribution in [0.4, 0.5) is 0 Å². The van der Waals surface area contributed by atoms with E-state index in [0.29, 0.717) is 11.3 Å². The van der Waals surface area contributed by atoms with E-state index in [1.54, 1.807) is 24.3 Å². The summed E-state index contributed by atoms with van der Waals surface area (Å²) in [6.45, 7) is 5.72. The number of carbonyl (C=O) groups is 1. The number of aryl methyl sites for hydroxylation is 1. The highest BCUT2D eigenvalue weighted by Crippen LogP contribution is 2.41. The third-order valence-corrected chi connectivity index (χ3v) is 4.81. The summed E-state index contributed by atoms with van der Waals surface area (Å²) in [4.78, 5) is 12.5. The lowest BCUT2D eigenvalue weighted by Gasteiger charge is -2.43. The summed E-state index contributed by atoms with van der Waals surface area (Å²) < 4.78 is 11.7. The molecule has 0 saturated heterocycles. The second kappa shape index (κ2) is 7.09. The van der Waals surface area contributed by atoms with Gasteiger partial charge in [-0.3, -0.25) is 0 Å². The lowest BCUT2D eigenvalue weighted by molar-refractivity contribution is -0.174. The summed E-state index contributed by atoms with van der Waals surface area (Å²) in [6.07, 6.45) is -1.20. The molecule has 3 N–H and O–H groups in total. The minimum atomic E-state index is -1.36. The second-order valence-electron chi connectivity index (χ2n) is 7.13. The van der Waals surface area contributed by atoms with E-state index in [9.17, 15) is 9.90 Å². The number of carbonyl (C=O) groups excluding carboxylic acids is 1. The van der Waals surface area contributed by atoms with Crippen molar-refractivity contribution in [3.63, 3.8) is 0 Å². The number of fused-ring (bicyclic) bond motifs is 1. The number of rotatable bonds is 4. The number of nitrogens with two attached hydrogens (primary N) is 1. The van der Waals surface area contributed by atoms with Gasteiger partial charge in [0, 0.05) is 5.56 Å². The van der Waals surface area contributed by atoms with Crippen LogP contribution in [-0.4, -0.2) is 22.8 Å². The first kappa shape index (κ1) is 18.4. The summed E-state index contributed by atoms with van der Waals surface area (Å²) >= 11 is 0. The molecule has 0 spiro atoms. The summed E-state index contributed by atoms with van der Waals surface area (Å²) in [5.41, 5.74) is 8.06. The molecule has 1 aliphatic rings. The van der Waals surface area contributed by atoms with Gasteiger partial charge in [-0.25, -0.2) is 4.79 Å². The van der Waals surface area contributed by atoms with Crippen LogP contribution < -0.4 is 10.5 Å². The van der Waals surface area contributed by atoms with Gasteiger partial charge in [-0.15, -0.1) is 0 Å². The molecule has 0 radical (unpaired) electrons. The van der Waals surface area contributed by atoms with E-state index in [2.05, 4.69) is 6.92 Å². The van der Waals surface area contributed by atoms with Gasteiger partial charge in [-0.05, 0) is 37.5 Å². The Hall–Kier alpha value is -2.37. The first-order valence-corrected chi connectivity index (χ1v) is 8.84. The van der Waals surface area contributed by atoms with Crippen LogP contribution in [0.1, 0.15) is 49.6 Å². The van der Waals surface area contributed by atoms with Crippen molar-refractivity contribution in [1.29, 1.82) is 0 Å². The molecule has 0 fully saturated rings. The van der Waals surface area contributed by atoms with Crippen molar-refractivity contribution in [2.24, 2.45) is 5.73 Å². The maximum atomic E-state index is 12.5. The Balaban J connectivity index is 1.85. The molecule has 1 heterocycles.